The van der Waals surface area contributed by atoms with E-state index < -0.39 is 0 Å². The van der Waals surface area contributed by atoms with E-state index in [9.17, 15) is 0 Å². The second-order valence-corrected chi connectivity index (χ2v) is 5.94. The van der Waals surface area contributed by atoms with Crippen molar-refractivity contribution in [1.29, 1.82) is 0 Å². The van der Waals surface area contributed by atoms with Gasteiger partial charge in [-0.1, -0.05) is 13.8 Å². The summed E-state index contributed by atoms with van der Waals surface area (Å²) >= 11 is 0. The molecule has 0 spiro atoms. The second-order valence-electron chi connectivity index (χ2n) is 5.94. The zero-order valence-corrected chi connectivity index (χ0v) is 13.0. The summed E-state index contributed by atoms with van der Waals surface area (Å²) in [4.78, 5) is 9.12. The first-order valence-corrected chi connectivity index (χ1v) is 7.53. The van der Waals surface area contributed by atoms with Gasteiger partial charge in [0.05, 0.1) is 5.60 Å². The third-order valence-corrected chi connectivity index (χ3v) is 3.56. The lowest BCUT2D eigenvalue weighted by molar-refractivity contribution is 0.0314. The summed E-state index contributed by atoms with van der Waals surface area (Å²) in [6, 6.07) is 1.97. The molecule has 20 heavy (non-hydrogen) atoms. The molecule has 0 bridgehead atoms. The Morgan fingerprint density at radius 1 is 1.30 bits per heavy atom. The lowest BCUT2D eigenvalue weighted by Gasteiger charge is -2.24. The monoisotopic (exact) mass is 278 g/mol. The first kappa shape index (κ1) is 15.0. The summed E-state index contributed by atoms with van der Waals surface area (Å²) in [6.07, 6.45) is 2.24. The third kappa shape index (κ3) is 3.82. The van der Waals surface area contributed by atoms with E-state index in [1.165, 1.54) is 0 Å². The number of hydrogen-bond acceptors (Lipinski definition) is 5. The van der Waals surface area contributed by atoms with Gasteiger partial charge in [-0.25, -0.2) is 9.97 Å². The van der Waals surface area contributed by atoms with Crippen molar-refractivity contribution >= 4 is 11.6 Å². The Labute approximate surface area is 121 Å². The van der Waals surface area contributed by atoms with E-state index in [0.717, 1.165) is 50.0 Å². The number of anilines is 2. The normalized spacial score (nSPS) is 22.2. The van der Waals surface area contributed by atoms with E-state index in [2.05, 4.69) is 48.3 Å². The van der Waals surface area contributed by atoms with Gasteiger partial charge in [-0.2, -0.15) is 0 Å². The fourth-order valence-electron chi connectivity index (χ4n) is 2.34. The van der Waals surface area contributed by atoms with Gasteiger partial charge >= 0.3 is 0 Å². The Hall–Kier alpha value is -1.36. The minimum Gasteiger partial charge on any atom is -0.373 e. The van der Waals surface area contributed by atoms with Crippen molar-refractivity contribution in [2.45, 2.75) is 52.1 Å². The molecule has 2 rings (SSSR count). The highest BCUT2D eigenvalue weighted by Crippen LogP contribution is 2.25. The number of aromatic nitrogens is 2. The van der Waals surface area contributed by atoms with Crippen molar-refractivity contribution in [2.75, 3.05) is 30.3 Å². The smallest absolute Gasteiger partial charge is 0.135 e. The Balaban J connectivity index is 2.09. The van der Waals surface area contributed by atoms with Crippen LogP contribution in [0.1, 0.15) is 52.3 Å². The molecular formula is C15H26N4O. The fraction of sp³-hybridized carbons (Fsp3) is 0.733. The minimum absolute atomic E-state index is 0.0682. The molecule has 0 radical (unpaired) electrons. The van der Waals surface area contributed by atoms with Crippen molar-refractivity contribution in [3.63, 3.8) is 0 Å². The molecule has 1 aliphatic heterocycles. The van der Waals surface area contributed by atoms with Crippen LogP contribution in [0.15, 0.2) is 6.07 Å². The van der Waals surface area contributed by atoms with E-state index in [1.54, 1.807) is 0 Å². The summed E-state index contributed by atoms with van der Waals surface area (Å²) in [5.74, 6) is 2.93. The van der Waals surface area contributed by atoms with E-state index in [-0.39, 0.29) is 5.60 Å². The van der Waals surface area contributed by atoms with Gasteiger partial charge in [0.1, 0.15) is 17.5 Å². The molecule has 1 saturated heterocycles. The van der Waals surface area contributed by atoms with E-state index in [1.807, 2.05) is 6.07 Å². The molecule has 1 fully saturated rings. The van der Waals surface area contributed by atoms with Crippen LogP contribution in [-0.2, 0) is 4.74 Å². The minimum atomic E-state index is -0.0682. The van der Waals surface area contributed by atoms with Crippen LogP contribution in [0.3, 0.4) is 0 Å². The molecule has 5 heteroatoms. The van der Waals surface area contributed by atoms with Gasteiger partial charge in [0, 0.05) is 31.7 Å². The lowest BCUT2D eigenvalue weighted by atomic mass is 10.0. The largest absolute Gasteiger partial charge is 0.373 e. The lowest BCUT2D eigenvalue weighted by Crippen LogP contribution is -2.32. The highest BCUT2D eigenvalue weighted by atomic mass is 16.5. The van der Waals surface area contributed by atoms with Crippen LogP contribution >= 0.6 is 0 Å². The van der Waals surface area contributed by atoms with Crippen molar-refractivity contribution < 1.29 is 4.74 Å². The molecule has 2 N–H and O–H groups in total. The summed E-state index contributed by atoms with van der Waals surface area (Å²) in [5.41, 5.74) is -0.0682. The predicted octanol–water partition coefficient (Wildman–Crippen LogP) is 3.01. The molecule has 1 atom stereocenters. The zero-order valence-electron chi connectivity index (χ0n) is 13.0. The average Bonchev–Trinajstić information content (AvgIpc) is 2.84. The summed E-state index contributed by atoms with van der Waals surface area (Å²) in [6.45, 7) is 10.9. The summed E-state index contributed by atoms with van der Waals surface area (Å²) in [5, 5.41) is 6.66. The Morgan fingerprint density at radius 3 is 2.55 bits per heavy atom. The van der Waals surface area contributed by atoms with Crippen LogP contribution in [0, 0.1) is 0 Å². The Morgan fingerprint density at radius 2 is 2.00 bits per heavy atom. The molecular weight excluding hydrogens is 252 g/mol. The van der Waals surface area contributed by atoms with Gasteiger partial charge < -0.3 is 15.4 Å². The summed E-state index contributed by atoms with van der Waals surface area (Å²) < 4.78 is 5.80. The topological polar surface area (TPSA) is 59.1 Å². The quantitative estimate of drug-likeness (QED) is 0.837. The van der Waals surface area contributed by atoms with Crippen molar-refractivity contribution in [1.82, 2.24) is 9.97 Å². The number of nitrogens with one attached hydrogen (secondary N) is 2. The van der Waals surface area contributed by atoms with Crippen LogP contribution in [-0.4, -0.2) is 35.3 Å². The Bertz CT molecular complexity index is 441. The van der Waals surface area contributed by atoms with Gasteiger partial charge in [-0.3, -0.25) is 0 Å². The zero-order chi connectivity index (χ0) is 14.6. The average molecular weight is 278 g/mol. The molecule has 2 heterocycles. The van der Waals surface area contributed by atoms with Gasteiger partial charge in [-0.15, -0.1) is 0 Å². The first-order valence-electron chi connectivity index (χ1n) is 7.53. The fourth-order valence-corrected chi connectivity index (χ4v) is 2.34. The standard InChI is InChI=1S/C15H26N4O/c1-5-16-12-9-13(19-14(18-12)11(2)3)17-10-15(4)7-6-8-20-15/h9,11H,5-8,10H2,1-4H3,(H2,16,17,18,19). The van der Waals surface area contributed by atoms with Gasteiger partial charge in [0.2, 0.25) is 0 Å². The summed E-state index contributed by atoms with van der Waals surface area (Å²) in [7, 11) is 0. The van der Waals surface area contributed by atoms with Crippen LogP contribution in [0.2, 0.25) is 0 Å². The second kappa shape index (κ2) is 6.39. The third-order valence-electron chi connectivity index (χ3n) is 3.56. The van der Waals surface area contributed by atoms with Gasteiger partial charge in [-0.05, 0) is 26.7 Å². The highest BCUT2D eigenvalue weighted by molar-refractivity contribution is 5.48. The van der Waals surface area contributed by atoms with Crippen LogP contribution in [0.5, 0.6) is 0 Å². The molecule has 5 nitrogen and oxygen atoms in total. The molecule has 112 valence electrons. The van der Waals surface area contributed by atoms with Gasteiger partial charge in [0.25, 0.3) is 0 Å². The maximum Gasteiger partial charge on any atom is 0.135 e. The molecule has 1 aliphatic rings. The van der Waals surface area contributed by atoms with Crippen molar-refractivity contribution in [2.24, 2.45) is 0 Å². The van der Waals surface area contributed by atoms with Crippen LogP contribution < -0.4 is 10.6 Å². The van der Waals surface area contributed by atoms with Crippen LogP contribution in [0.25, 0.3) is 0 Å². The molecule has 1 aromatic rings. The van der Waals surface area contributed by atoms with Crippen LogP contribution in [0.4, 0.5) is 11.6 Å². The highest BCUT2D eigenvalue weighted by Gasteiger charge is 2.29. The SMILES string of the molecule is CCNc1cc(NCC2(C)CCCO2)nc(C(C)C)n1. The molecule has 1 unspecified atom stereocenters. The Kier molecular flexibility index (Phi) is 4.81. The van der Waals surface area contributed by atoms with E-state index >= 15 is 0 Å². The predicted molar refractivity (Wildman–Crippen MR) is 82.4 cm³/mol. The maximum absolute atomic E-state index is 5.80. The maximum atomic E-state index is 5.80. The number of hydrogen-bond donors (Lipinski definition) is 2. The number of ether oxygens (including phenoxy) is 1. The molecule has 0 saturated carbocycles. The van der Waals surface area contributed by atoms with Crippen molar-refractivity contribution in [3.8, 4) is 0 Å². The molecule has 0 aliphatic carbocycles. The molecule has 0 aromatic carbocycles. The molecule has 1 aromatic heterocycles. The molecule has 0 amide bonds. The van der Waals surface area contributed by atoms with E-state index in [0.29, 0.717) is 5.92 Å². The number of nitrogens with zero attached hydrogens (tertiary/aromatic N) is 2. The van der Waals surface area contributed by atoms with E-state index in [4.69, 9.17) is 4.74 Å². The first-order chi connectivity index (χ1) is 9.52. The number of rotatable bonds is 6. The van der Waals surface area contributed by atoms with Gasteiger partial charge in [0.15, 0.2) is 0 Å². The van der Waals surface area contributed by atoms with Crippen molar-refractivity contribution in [3.05, 3.63) is 11.9 Å².